The Morgan fingerprint density at radius 3 is 2.50 bits per heavy atom. The van der Waals surface area contributed by atoms with E-state index in [-0.39, 0.29) is 24.0 Å². The van der Waals surface area contributed by atoms with Crippen LogP contribution in [0.4, 0.5) is 0 Å². The Bertz CT molecular complexity index is 526. The summed E-state index contributed by atoms with van der Waals surface area (Å²) in [7, 11) is 1.81. The lowest BCUT2D eigenvalue weighted by atomic mass is 9.98. The zero-order valence-electron chi connectivity index (χ0n) is 16.6. The molecule has 1 heterocycles. The highest BCUT2D eigenvalue weighted by Crippen LogP contribution is 2.20. The molecule has 0 amide bonds. The van der Waals surface area contributed by atoms with E-state index in [9.17, 15) is 0 Å². The average Bonchev–Trinajstić information content (AvgIpc) is 2.94. The Labute approximate surface area is 175 Å². The van der Waals surface area contributed by atoms with Crippen LogP contribution in [0.25, 0.3) is 0 Å². The molecular weight excluding hydrogens is 441 g/mol. The standard InChI is InChI=1S/C19H35N5O.HI/c1-16-15-17(2)24(23-16)13-7-11-21-19(20-3)22-12-8-14-25-18-9-5-4-6-10-18;/h15,18H,4-14H2,1-3H3,(H2,20,21,22);1H. The number of aromatic nitrogens is 2. The zero-order valence-corrected chi connectivity index (χ0v) is 18.9. The topological polar surface area (TPSA) is 63.5 Å². The number of hydrogen-bond acceptors (Lipinski definition) is 3. The highest BCUT2D eigenvalue weighted by Gasteiger charge is 2.12. The monoisotopic (exact) mass is 477 g/mol. The molecule has 0 spiro atoms. The Morgan fingerprint density at radius 1 is 1.19 bits per heavy atom. The van der Waals surface area contributed by atoms with Gasteiger partial charge in [-0.2, -0.15) is 5.10 Å². The molecule has 6 nitrogen and oxygen atoms in total. The number of aryl methyl sites for hydroxylation is 3. The Morgan fingerprint density at radius 2 is 1.88 bits per heavy atom. The third-order valence-corrected chi connectivity index (χ3v) is 4.69. The number of aliphatic imine (C=N–C) groups is 1. The second-order valence-electron chi connectivity index (χ2n) is 6.91. The number of halogens is 1. The van der Waals surface area contributed by atoms with E-state index in [0.717, 1.165) is 50.7 Å². The minimum atomic E-state index is 0. The number of rotatable bonds is 9. The maximum Gasteiger partial charge on any atom is 0.190 e. The van der Waals surface area contributed by atoms with E-state index in [1.54, 1.807) is 0 Å². The second kappa shape index (κ2) is 13.4. The largest absolute Gasteiger partial charge is 0.378 e. The molecule has 0 aliphatic heterocycles. The van der Waals surface area contributed by atoms with Crippen molar-refractivity contribution in [3.63, 3.8) is 0 Å². The summed E-state index contributed by atoms with van der Waals surface area (Å²) in [4.78, 5) is 4.27. The highest BCUT2D eigenvalue weighted by atomic mass is 127. The van der Waals surface area contributed by atoms with Gasteiger partial charge in [-0.1, -0.05) is 19.3 Å². The molecule has 1 aliphatic carbocycles. The van der Waals surface area contributed by atoms with Crippen molar-refractivity contribution in [2.24, 2.45) is 4.99 Å². The van der Waals surface area contributed by atoms with Crippen molar-refractivity contribution in [3.8, 4) is 0 Å². The summed E-state index contributed by atoms with van der Waals surface area (Å²) in [6.45, 7) is 7.68. The fraction of sp³-hybridized carbons (Fsp3) is 0.789. The van der Waals surface area contributed by atoms with Crippen LogP contribution in [0.15, 0.2) is 11.1 Å². The van der Waals surface area contributed by atoms with Gasteiger partial charge in [-0.05, 0) is 45.6 Å². The van der Waals surface area contributed by atoms with Gasteiger partial charge in [0.05, 0.1) is 11.8 Å². The molecule has 0 atom stereocenters. The molecule has 0 aromatic carbocycles. The van der Waals surface area contributed by atoms with E-state index in [1.165, 1.54) is 37.8 Å². The number of guanidine groups is 1. The minimum absolute atomic E-state index is 0. The highest BCUT2D eigenvalue weighted by molar-refractivity contribution is 14.0. The second-order valence-corrected chi connectivity index (χ2v) is 6.91. The zero-order chi connectivity index (χ0) is 17.9. The molecule has 1 aromatic rings. The third-order valence-electron chi connectivity index (χ3n) is 4.69. The van der Waals surface area contributed by atoms with Gasteiger partial charge in [0, 0.05) is 39.0 Å². The van der Waals surface area contributed by atoms with Crippen molar-refractivity contribution in [1.29, 1.82) is 0 Å². The quantitative estimate of drug-likeness (QED) is 0.248. The van der Waals surface area contributed by atoms with Crippen LogP contribution < -0.4 is 10.6 Å². The van der Waals surface area contributed by atoms with Crippen molar-refractivity contribution < 1.29 is 4.74 Å². The first kappa shape index (κ1) is 23.2. The molecule has 150 valence electrons. The first-order chi connectivity index (χ1) is 12.2. The third kappa shape index (κ3) is 8.70. The van der Waals surface area contributed by atoms with Crippen molar-refractivity contribution in [3.05, 3.63) is 17.5 Å². The van der Waals surface area contributed by atoms with Crippen LogP contribution in [0, 0.1) is 13.8 Å². The Hall–Kier alpha value is -0.830. The first-order valence-corrected chi connectivity index (χ1v) is 9.76. The van der Waals surface area contributed by atoms with E-state index < -0.39 is 0 Å². The molecule has 0 bridgehead atoms. The Balaban J connectivity index is 0.00000338. The SMILES string of the molecule is CN=C(NCCCOC1CCCCC1)NCCCn1nc(C)cc1C.I. The van der Waals surface area contributed by atoms with E-state index >= 15 is 0 Å². The number of nitrogens with one attached hydrogen (secondary N) is 2. The summed E-state index contributed by atoms with van der Waals surface area (Å²) in [5.74, 6) is 0.867. The molecule has 1 aromatic heterocycles. The van der Waals surface area contributed by atoms with Crippen LogP contribution in [0.5, 0.6) is 0 Å². The average molecular weight is 477 g/mol. The Kier molecular flexibility index (Phi) is 11.9. The van der Waals surface area contributed by atoms with E-state index in [2.05, 4.69) is 38.4 Å². The molecule has 2 N–H and O–H groups in total. The van der Waals surface area contributed by atoms with Crippen molar-refractivity contribution in [1.82, 2.24) is 20.4 Å². The van der Waals surface area contributed by atoms with Crippen molar-refractivity contribution in [2.45, 2.75) is 71.4 Å². The summed E-state index contributed by atoms with van der Waals surface area (Å²) in [6, 6.07) is 2.11. The lowest BCUT2D eigenvalue weighted by Gasteiger charge is -2.22. The smallest absolute Gasteiger partial charge is 0.190 e. The van der Waals surface area contributed by atoms with Crippen molar-refractivity contribution in [2.75, 3.05) is 26.7 Å². The van der Waals surface area contributed by atoms with Crippen LogP contribution in [-0.2, 0) is 11.3 Å². The van der Waals surface area contributed by atoms with Crippen molar-refractivity contribution >= 4 is 29.9 Å². The van der Waals surface area contributed by atoms with Crippen LogP contribution in [0.1, 0.15) is 56.3 Å². The summed E-state index contributed by atoms with van der Waals surface area (Å²) in [5.41, 5.74) is 2.30. The van der Waals surface area contributed by atoms with E-state index in [0.29, 0.717) is 6.10 Å². The molecule has 26 heavy (non-hydrogen) atoms. The van der Waals surface area contributed by atoms with Gasteiger partial charge in [-0.15, -0.1) is 24.0 Å². The van der Waals surface area contributed by atoms with Gasteiger partial charge >= 0.3 is 0 Å². The summed E-state index contributed by atoms with van der Waals surface area (Å²) in [5, 5.41) is 11.2. The molecule has 0 radical (unpaired) electrons. The van der Waals surface area contributed by atoms with E-state index in [4.69, 9.17) is 4.74 Å². The summed E-state index contributed by atoms with van der Waals surface area (Å²) >= 11 is 0. The predicted molar refractivity (Wildman–Crippen MR) is 119 cm³/mol. The molecule has 7 heteroatoms. The summed E-state index contributed by atoms with van der Waals surface area (Å²) in [6.07, 6.45) is 9.06. The molecule has 0 saturated heterocycles. The fourth-order valence-corrected chi connectivity index (χ4v) is 3.32. The van der Waals surface area contributed by atoms with E-state index in [1.807, 2.05) is 14.0 Å². The van der Waals surface area contributed by atoms with Gasteiger partial charge in [0.1, 0.15) is 0 Å². The number of ether oxygens (including phenoxy) is 1. The fourth-order valence-electron chi connectivity index (χ4n) is 3.32. The van der Waals surface area contributed by atoms with Crippen LogP contribution in [0.3, 0.4) is 0 Å². The lowest BCUT2D eigenvalue weighted by Crippen LogP contribution is -2.38. The van der Waals surface area contributed by atoms with Gasteiger partial charge in [0.2, 0.25) is 0 Å². The van der Waals surface area contributed by atoms with Gasteiger partial charge < -0.3 is 15.4 Å². The molecule has 2 rings (SSSR count). The normalized spacial score (nSPS) is 15.6. The molecule has 1 saturated carbocycles. The first-order valence-electron chi connectivity index (χ1n) is 9.76. The van der Waals surface area contributed by atoms with Crippen LogP contribution in [0.2, 0.25) is 0 Å². The van der Waals surface area contributed by atoms with Gasteiger partial charge in [-0.3, -0.25) is 9.67 Å². The predicted octanol–water partition coefficient (Wildman–Crippen LogP) is 3.41. The molecule has 1 aliphatic rings. The molecule has 1 fully saturated rings. The number of nitrogens with zero attached hydrogens (tertiary/aromatic N) is 3. The van der Waals surface area contributed by atoms with Crippen LogP contribution >= 0.6 is 24.0 Å². The van der Waals surface area contributed by atoms with Gasteiger partial charge in [0.25, 0.3) is 0 Å². The molecule has 0 unspecified atom stereocenters. The van der Waals surface area contributed by atoms with Gasteiger partial charge in [-0.25, -0.2) is 0 Å². The van der Waals surface area contributed by atoms with Gasteiger partial charge in [0.15, 0.2) is 5.96 Å². The molecular formula is C19H36IN5O. The lowest BCUT2D eigenvalue weighted by molar-refractivity contribution is 0.0277. The maximum atomic E-state index is 5.95. The minimum Gasteiger partial charge on any atom is -0.378 e. The number of hydrogen-bond donors (Lipinski definition) is 2. The maximum absolute atomic E-state index is 5.95. The van der Waals surface area contributed by atoms with Crippen LogP contribution in [-0.4, -0.2) is 48.6 Å². The summed E-state index contributed by atoms with van der Waals surface area (Å²) < 4.78 is 8.01.